The van der Waals surface area contributed by atoms with Crippen LogP contribution in [0.15, 0.2) is 6.33 Å². The van der Waals surface area contributed by atoms with Crippen LogP contribution in [0, 0.1) is 0 Å². The van der Waals surface area contributed by atoms with E-state index in [1.165, 1.54) is 0 Å². The lowest BCUT2D eigenvalue weighted by Gasteiger charge is -2.20. The van der Waals surface area contributed by atoms with Gasteiger partial charge in [0, 0.05) is 0 Å². The lowest BCUT2D eigenvalue weighted by atomic mass is 10.1. The second-order valence-electron chi connectivity index (χ2n) is 4.53. The van der Waals surface area contributed by atoms with E-state index in [0.29, 0.717) is 0 Å². The van der Waals surface area contributed by atoms with E-state index >= 15 is 0 Å². The highest BCUT2D eigenvalue weighted by molar-refractivity contribution is 6.28. The van der Waals surface area contributed by atoms with Crippen LogP contribution in [-0.4, -0.2) is 54.5 Å². The number of imidazole rings is 1. The summed E-state index contributed by atoms with van der Waals surface area (Å²) in [4.78, 5) is 11.3. The monoisotopic (exact) mass is 321 g/mol. The molecule has 3 heterocycles. The van der Waals surface area contributed by atoms with Gasteiger partial charge in [-0.3, -0.25) is 4.57 Å². The Morgan fingerprint density at radius 1 is 1.48 bits per heavy atom. The van der Waals surface area contributed by atoms with Gasteiger partial charge in [0.1, 0.15) is 11.6 Å². The van der Waals surface area contributed by atoms with Gasteiger partial charge in [-0.15, -0.1) is 0 Å². The van der Waals surface area contributed by atoms with Crippen molar-refractivity contribution < 1.29 is 23.7 Å². The van der Waals surface area contributed by atoms with Crippen LogP contribution in [0.4, 0.5) is 14.6 Å². The number of ether oxygens (including phenoxy) is 1. The Labute approximate surface area is 121 Å². The zero-order valence-electron chi connectivity index (χ0n) is 10.3. The largest absolute Gasteiger partial charge is 0.394 e. The summed E-state index contributed by atoms with van der Waals surface area (Å²) in [5.41, 5.74) is 5.62. The van der Waals surface area contributed by atoms with E-state index in [0.717, 1.165) is 10.9 Å². The maximum atomic E-state index is 14.1. The van der Waals surface area contributed by atoms with E-state index in [1.54, 1.807) is 0 Å². The predicted octanol–water partition coefficient (Wildman–Crippen LogP) is -0.0522. The molecule has 11 heteroatoms. The first-order valence-corrected chi connectivity index (χ1v) is 6.21. The summed E-state index contributed by atoms with van der Waals surface area (Å²) in [5, 5.41) is 18.3. The van der Waals surface area contributed by atoms with Gasteiger partial charge < -0.3 is 20.7 Å². The van der Waals surface area contributed by atoms with E-state index in [-0.39, 0.29) is 22.3 Å². The summed E-state index contributed by atoms with van der Waals surface area (Å²) in [7, 11) is 0. The summed E-state index contributed by atoms with van der Waals surface area (Å²) < 4.78 is 34.1. The minimum absolute atomic E-state index is 0.0528. The summed E-state index contributed by atoms with van der Waals surface area (Å²) in [5.74, 6) is -3.71. The second kappa shape index (κ2) is 4.70. The third kappa shape index (κ3) is 2.02. The van der Waals surface area contributed by atoms with Gasteiger partial charge in [0.15, 0.2) is 17.6 Å². The molecule has 4 N–H and O–H groups in total. The molecule has 2 aromatic heterocycles. The standard InChI is InChI=1S/C10H10ClF2N5O3/c11-9-16-6(14)4-7(17-9)18(2-15-4)8-10(12,13)5(20)3(1-19)21-8/h2-3,5,8,19-20H,1H2,(H2,14,16,17)/t3-,5-,8-/m1/s1. The highest BCUT2D eigenvalue weighted by Crippen LogP contribution is 2.43. The van der Waals surface area contributed by atoms with Crippen LogP contribution in [-0.2, 0) is 4.74 Å². The van der Waals surface area contributed by atoms with Gasteiger partial charge in [-0.1, -0.05) is 0 Å². The molecule has 1 saturated heterocycles. The summed E-state index contributed by atoms with van der Waals surface area (Å²) in [6.07, 6.45) is -4.42. The maximum Gasteiger partial charge on any atom is 0.320 e. The summed E-state index contributed by atoms with van der Waals surface area (Å²) in [6.45, 7) is -0.752. The Bertz CT molecular complexity index is 697. The lowest BCUT2D eigenvalue weighted by molar-refractivity contribution is -0.138. The number of aliphatic hydroxyl groups excluding tert-OH is 2. The SMILES string of the molecule is Nc1nc(Cl)nc2c1ncn2[C@@H]1O[C@H](CO)[C@@H](O)C1(F)F. The third-order valence-electron chi connectivity index (χ3n) is 3.23. The first kappa shape index (κ1) is 14.3. The predicted molar refractivity (Wildman–Crippen MR) is 66.7 cm³/mol. The molecule has 1 aliphatic rings. The van der Waals surface area contributed by atoms with Crippen molar-refractivity contribution in [3.8, 4) is 0 Å². The zero-order chi connectivity index (χ0) is 15.4. The molecule has 8 nitrogen and oxygen atoms in total. The molecule has 0 aromatic carbocycles. The van der Waals surface area contributed by atoms with Crippen molar-refractivity contribution in [2.24, 2.45) is 0 Å². The van der Waals surface area contributed by atoms with Crippen molar-refractivity contribution in [1.29, 1.82) is 0 Å². The van der Waals surface area contributed by atoms with Gasteiger partial charge in [-0.05, 0) is 11.6 Å². The number of anilines is 1. The van der Waals surface area contributed by atoms with Crippen molar-refractivity contribution >= 4 is 28.6 Å². The van der Waals surface area contributed by atoms with E-state index < -0.39 is 31.0 Å². The molecule has 3 rings (SSSR count). The number of halogens is 3. The van der Waals surface area contributed by atoms with Gasteiger partial charge in [0.05, 0.1) is 12.9 Å². The third-order valence-corrected chi connectivity index (χ3v) is 3.40. The molecule has 0 saturated carbocycles. The minimum Gasteiger partial charge on any atom is -0.394 e. The molecule has 2 aromatic rings. The van der Waals surface area contributed by atoms with Crippen molar-refractivity contribution in [3.05, 3.63) is 11.6 Å². The zero-order valence-corrected chi connectivity index (χ0v) is 11.1. The van der Waals surface area contributed by atoms with Crippen LogP contribution in [0.3, 0.4) is 0 Å². The number of hydrogen-bond acceptors (Lipinski definition) is 7. The van der Waals surface area contributed by atoms with Crippen LogP contribution in [0.25, 0.3) is 11.2 Å². The van der Waals surface area contributed by atoms with Crippen LogP contribution >= 0.6 is 11.6 Å². The van der Waals surface area contributed by atoms with E-state index in [1.807, 2.05) is 0 Å². The number of fused-ring (bicyclic) bond motifs is 1. The van der Waals surface area contributed by atoms with Gasteiger partial charge in [-0.25, -0.2) is 4.98 Å². The van der Waals surface area contributed by atoms with Crippen molar-refractivity contribution in [2.45, 2.75) is 24.4 Å². The lowest BCUT2D eigenvalue weighted by Crippen LogP contribution is -2.39. The minimum atomic E-state index is -3.65. The maximum absolute atomic E-state index is 14.1. The van der Waals surface area contributed by atoms with Crippen LogP contribution in [0.1, 0.15) is 6.23 Å². The van der Waals surface area contributed by atoms with Crippen LogP contribution < -0.4 is 5.73 Å². The Kier molecular flexibility index (Phi) is 3.20. The molecule has 0 bridgehead atoms. The van der Waals surface area contributed by atoms with Crippen LogP contribution in [0.2, 0.25) is 5.28 Å². The molecule has 0 radical (unpaired) electrons. The first-order valence-electron chi connectivity index (χ1n) is 5.84. The van der Waals surface area contributed by atoms with Crippen molar-refractivity contribution in [2.75, 3.05) is 12.3 Å². The number of alkyl halides is 2. The first-order chi connectivity index (χ1) is 9.86. The fraction of sp³-hybridized carbons (Fsp3) is 0.500. The molecule has 0 spiro atoms. The Morgan fingerprint density at radius 2 is 2.19 bits per heavy atom. The molecular formula is C10H10ClF2N5O3. The van der Waals surface area contributed by atoms with Gasteiger partial charge >= 0.3 is 5.92 Å². The number of aromatic nitrogens is 4. The number of nitrogen functional groups attached to an aromatic ring is 1. The highest BCUT2D eigenvalue weighted by Gasteiger charge is 2.59. The van der Waals surface area contributed by atoms with Gasteiger partial charge in [0.25, 0.3) is 0 Å². The summed E-state index contributed by atoms with van der Waals surface area (Å²) in [6, 6.07) is 0. The smallest absolute Gasteiger partial charge is 0.320 e. The van der Waals surface area contributed by atoms with Crippen molar-refractivity contribution in [1.82, 2.24) is 19.5 Å². The average molecular weight is 322 g/mol. The molecule has 21 heavy (non-hydrogen) atoms. The Balaban J connectivity index is 2.13. The van der Waals surface area contributed by atoms with E-state index in [9.17, 15) is 13.9 Å². The van der Waals surface area contributed by atoms with E-state index in [4.69, 9.17) is 27.2 Å². The molecule has 114 valence electrons. The molecule has 0 amide bonds. The number of aliphatic hydroxyl groups is 2. The number of nitrogens with two attached hydrogens (primary N) is 1. The molecular weight excluding hydrogens is 312 g/mol. The number of rotatable bonds is 2. The van der Waals surface area contributed by atoms with Gasteiger partial charge in [0.2, 0.25) is 11.5 Å². The second-order valence-corrected chi connectivity index (χ2v) is 4.87. The Morgan fingerprint density at radius 3 is 2.81 bits per heavy atom. The molecule has 1 aliphatic heterocycles. The fourth-order valence-corrected chi connectivity index (χ4v) is 2.37. The van der Waals surface area contributed by atoms with E-state index in [2.05, 4.69) is 15.0 Å². The fourth-order valence-electron chi connectivity index (χ4n) is 2.20. The van der Waals surface area contributed by atoms with Crippen molar-refractivity contribution in [3.63, 3.8) is 0 Å². The average Bonchev–Trinajstić information content (AvgIpc) is 2.91. The Hall–Kier alpha value is -1.62. The normalized spacial score (nSPS) is 28.3. The summed E-state index contributed by atoms with van der Waals surface area (Å²) >= 11 is 5.65. The number of nitrogens with zero attached hydrogens (tertiary/aromatic N) is 4. The number of hydrogen-bond donors (Lipinski definition) is 3. The molecule has 0 unspecified atom stereocenters. The molecule has 1 fully saturated rings. The highest BCUT2D eigenvalue weighted by atomic mass is 35.5. The molecule has 0 aliphatic carbocycles. The molecule has 3 atom stereocenters. The van der Waals surface area contributed by atoms with Gasteiger partial charge in [-0.2, -0.15) is 18.7 Å². The van der Waals surface area contributed by atoms with Crippen LogP contribution in [0.5, 0.6) is 0 Å². The topological polar surface area (TPSA) is 119 Å². The quantitative estimate of drug-likeness (QED) is 0.663.